The van der Waals surface area contributed by atoms with Gasteiger partial charge in [0.2, 0.25) is 5.91 Å². The first-order valence-corrected chi connectivity index (χ1v) is 9.82. The number of amides is 1. The summed E-state index contributed by atoms with van der Waals surface area (Å²) < 4.78 is 24.4. The van der Waals surface area contributed by atoms with E-state index < -0.39 is 9.84 Å². The van der Waals surface area contributed by atoms with Crippen molar-refractivity contribution >= 4 is 21.4 Å². The second-order valence-corrected chi connectivity index (χ2v) is 8.34. The van der Waals surface area contributed by atoms with Gasteiger partial charge in [-0.25, -0.2) is 8.42 Å². The average molecular weight is 345 g/mol. The van der Waals surface area contributed by atoms with E-state index in [2.05, 4.69) is 19.2 Å². The quantitative estimate of drug-likeness (QED) is 0.831. The molecule has 2 aromatic carbocycles. The van der Waals surface area contributed by atoms with Gasteiger partial charge in [0, 0.05) is 12.1 Å². The fourth-order valence-electron chi connectivity index (χ4n) is 2.32. The predicted molar refractivity (Wildman–Crippen MR) is 97.7 cm³/mol. The lowest BCUT2D eigenvalue weighted by Gasteiger charge is -2.08. The predicted octanol–water partition coefficient (Wildman–Crippen LogP) is 3.75. The van der Waals surface area contributed by atoms with Gasteiger partial charge >= 0.3 is 0 Å². The highest BCUT2D eigenvalue weighted by Gasteiger charge is 2.15. The molecule has 4 nitrogen and oxygen atoms in total. The summed E-state index contributed by atoms with van der Waals surface area (Å²) in [7, 11) is -3.32. The standard InChI is InChI=1S/C19H23NO3S/c1-15(2)17-10-8-16(9-11-17)14-24(22,23)13-12-19(21)20-18-6-4-3-5-7-18/h3-11,15H,12-14H2,1-2H3,(H,20,21). The lowest BCUT2D eigenvalue weighted by molar-refractivity contribution is -0.115. The van der Waals surface area contributed by atoms with Crippen LogP contribution in [-0.4, -0.2) is 20.1 Å². The fraction of sp³-hybridized carbons (Fsp3) is 0.316. The topological polar surface area (TPSA) is 63.2 Å². The van der Waals surface area contributed by atoms with E-state index in [9.17, 15) is 13.2 Å². The highest BCUT2D eigenvalue weighted by Crippen LogP contribution is 2.16. The van der Waals surface area contributed by atoms with Crippen LogP contribution in [0.3, 0.4) is 0 Å². The Morgan fingerprint density at radius 1 is 1.00 bits per heavy atom. The molecular formula is C19H23NO3S. The molecule has 0 saturated heterocycles. The number of sulfone groups is 1. The van der Waals surface area contributed by atoms with E-state index in [1.807, 2.05) is 42.5 Å². The zero-order chi connectivity index (χ0) is 17.6. The molecule has 0 saturated carbocycles. The fourth-order valence-corrected chi connectivity index (χ4v) is 3.66. The number of rotatable bonds is 7. The molecule has 5 heteroatoms. The van der Waals surface area contributed by atoms with Gasteiger partial charge in [-0.15, -0.1) is 0 Å². The minimum atomic E-state index is -3.32. The van der Waals surface area contributed by atoms with Gasteiger partial charge in [-0.3, -0.25) is 4.79 Å². The summed E-state index contributed by atoms with van der Waals surface area (Å²) in [5.41, 5.74) is 2.60. The van der Waals surface area contributed by atoms with Crippen molar-refractivity contribution in [1.82, 2.24) is 0 Å². The summed E-state index contributed by atoms with van der Waals surface area (Å²) in [6.07, 6.45) is -0.0404. The molecule has 0 aliphatic rings. The largest absolute Gasteiger partial charge is 0.326 e. The molecule has 0 fully saturated rings. The monoisotopic (exact) mass is 345 g/mol. The van der Waals surface area contributed by atoms with E-state index in [1.54, 1.807) is 12.1 Å². The Labute approximate surface area is 143 Å². The first-order chi connectivity index (χ1) is 11.4. The van der Waals surface area contributed by atoms with E-state index >= 15 is 0 Å². The van der Waals surface area contributed by atoms with Crippen LogP contribution in [0.2, 0.25) is 0 Å². The molecule has 0 aromatic heterocycles. The van der Waals surface area contributed by atoms with Gasteiger partial charge < -0.3 is 5.32 Å². The van der Waals surface area contributed by atoms with Crippen LogP contribution < -0.4 is 5.32 Å². The summed E-state index contributed by atoms with van der Waals surface area (Å²) in [5.74, 6) is -0.0704. The Balaban J connectivity index is 1.88. The second-order valence-electron chi connectivity index (χ2n) is 6.15. The second kappa shape index (κ2) is 8.11. The summed E-state index contributed by atoms with van der Waals surface area (Å²) in [6, 6.07) is 16.6. The molecule has 2 rings (SSSR count). The van der Waals surface area contributed by atoms with Crippen molar-refractivity contribution < 1.29 is 13.2 Å². The normalized spacial score (nSPS) is 11.5. The van der Waals surface area contributed by atoms with Gasteiger partial charge in [-0.1, -0.05) is 56.3 Å². The Morgan fingerprint density at radius 3 is 2.21 bits per heavy atom. The van der Waals surface area contributed by atoms with Gasteiger partial charge in [0.05, 0.1) is 11.5 Å². The van der Waals surface area contributed by atoms with Crippen LogP contribution in [0.5, 0.6) is 0 Å². The molecule has 1 N–H and O–H groups in total. The zero-order valence-electron chi connectivity index (χ0n) is 14.0. The zero-order valence-corrected chi connectivity index (χ0v) is 14.8. The van der Waals surface area contributed by atoms with Crippen LogP contribution >= 0.6 is 0 Å². The molecule has 0 aliphatic heterocycles. The van der Waals surface area contributed by atoms with Crippen molar-refractivity contribution in [2.24, 2.45) is 0 Å². The number of hydrogen-bond donors (Lipinski definition) is 1. The summed E-state index contributed by atoms with van der Waals surface area (Å²) in [6.45, 7) is 4.19. The number of anilines is 1. The number of carbonyl (C=O) groups is 1. The van der Waals surface area contributed by atoms with Crippen LogP contribution in [-0.2, 0) is 20.4 Å². The minimum Gasteiger partial charge on any atom is -0.326 e. The molecule has 24 heavy (non-hydrogen) atoms. The first kappa shape index (κ1) is 18.2. The molecule has 0 atom stereocenters. The third kappa shape index (κ3) is 5.81. The lowest BCUT2D eigenvalue weighted by Crippen LogP contribution is -2.18. The summed E-state index contributed by atoms with van der Waals surface area (Å²) in [5, 5.41) is 2.69. The van der Waals surface area contributed by atoms with Crippen molar-refractivity contribution in [1.29, 1.82) is 0 Å². The molecule has 0 radical (unpaired) electrons. The highest BCUT2D eigenvalue weighted by atomic mass is 32.2. The number of para-hydroxylation sites is 1. The van der Waals surface area contributed by atoms with E-state index in [1.165, 1.54) is 5.56 Å². The lowest BCUT2D eigenvalue weighted by atomic mass is 10.0. The molecule has 0 bridgehead atoms. The van der Waals surface area contributed by atoms with Gasteiger partial charge in [-0.2, -0.15) is 0 Å². The van der Waals surface area contributed by atoms with E-state index in [4.69, 9.17) is 0 Å². The Morgan fingerprint density at radius 2 is 1.62 bits per heavy atom. The maximum absolute atomic E-state index is 12.2. The third-order valence-corrected chi connectivity index (χ3v) is 5.33. The van der Waals surface area contributed by atoms with Crippen LogP contribution in [0.1, 0.15) is 37.3 Å². The molecule has 1 amide bonds. The van der Waals surface area contributed by atoms with Crippen molar-refractivity contribution in [3.63, 3.8) is 0 Å². The Bertz CT molecular complexity index is 766. The van der Waals surface area contributed by atoms with Gasteiger partial charge in [0.15, 0.2) is 9.84 Å². The number of nitrogens with one attached hydrogen (secondary N) is 1. The average Bonchev–Trinajstić information content (AvgIpc) is 2.54. The molecule has 128 valence electrons. The molecule has 0 spiro atoms. The number of benzene rings is 2. The van der Waals surface area contributed by atoms with E-state index in [-0.39, 0.29) is 23.8 Å². The van der Waals surface area contributed by atoms with Gasteiger partial charge in [-0.05, 0) is 29.2 Å². The Hall–Kier alpha value is -2.14. The summed E-state index contributed by atoms with van der Waals surface area (Å²) >= 11 is 0. The SMILES string of the molecule is CC(C)c1ccc(CS(=O)(=O)CCC(=O)Nc2ccccc2)cc1. The van der Waals surface area contributed by atoms with Gasteiger partial charge in [0.25, 0.3) is 0 Å². The maximum atomic E-state index is 12.2. The smallest absolute Gasteiger partial charge is 0.225 e. The van der Waals surface area contributed by atoms with Crippen LogP contribution in [0, 0.1) is 0 Å². The molecule has 0 unspecified atom stereocenters. The third-order valence-electron chi connectivity index (χ3n) is 3.73. The maximum Gasteiger partial charge on any atom is 0.225 e. The van der Waals surface area contributed by atoms with E-state index in [0.29, 0.717) is 11.6 Å². The Kier molecular flexibility index (Phi) is 6.15. The highest BCUT2D eigenvalue weighted by molar-refractivity contribution is 7.90. The van der Waals surface area contributed by atoms with Gasteiger partial charge in [0.1, 0.15) is 0 Å². The number of hydrogen-bond acceptors (Lipinski definition) is 3. The molecule has 2 aromatic rings. The van der Waals surface area contributed by atoms with Crippen molar-refractivity contribution in [3.05, 3.63) is 65.7 Å². The molecular weight excluding hydrogens is 322 g/mol. The molecule has 0 aliphatic carbocycles. The van der Waals surface area contributed by atoms with Crippen LogP contribution in [0.15, 0.2) is 54.6 Å². The van der Waals surface area contributed by atoms with Crippen LogP contribution in [0.4, 0.5) is 5.69 Å². The molecule has 0 heterocycles. The summed E-state index contributed by atoms with van der Waals surface area (Å²) in [4.78, 5) is 11.9. The van der Waals surface area contributed by atoms with Crippen molar-refractivity contribution in [3.8, 4) is 0 Å². The van der Waals surface area contributed by atoms with E-state index in [0.717, 1.165) is 5.56 Å². The minimum absolute atomic E-state index is 0.0377. The first-order valence-electron chi connectivity index (χ1n) is 8.00. The van der Waals surface area contributed by atoms with Crippen LogP contribution in [0.25, 0.3) is 0 Å². The number of carbonyl (C=O) groups excluding carboxylic acids is 1. The van der Waals surface area contributed by atoms with Crippen molar-refractivity contribution in [2.45, 2.75) is 31.9 Å². The van der Waals surface area contributed by atoms with Crippen molar-refractivity contribution in [2.75, 3.05) is 11.1 Å².